The molecule has 1 heterocycles. The van der Waals surface area contributed by atoms with E-state index in [1.807, 2.05) is 6.07 Å². The number of carbonyl (C=O) groups is 1. The Balaban J connectivity index is 2.55. The predicted molar refractivity (Wildman–Crippen MR) is 57.3 cm³/mol. The van der Waals surface area contributed by atoms with E-state index in [4.69, 9.17) is 9.15 Å². The average Bonchev–Trinajstić information content (AvgIpc) is 2.70. The second-order valence-corrected chi connectivity index (χ2v) is 3.08. The van der Waals surface area contributed by atoms with Crippen LogP contribution in [0.25, 0.3) is 11.0 Å². The number of benzene rings is 1. The Morgan fingerprint density at radius 3 is 2.93 bits per heavy atom. The van der Waals surface area contributed by atoms with Crippen molar-refractivity contribution in [2.45, 2.75) is 0 Å². The number of furan rings is 1. The molecule has 2 aromatic rings. The summed E-state index contributed by atoms with van der Waals surface area (Å²) in [7, 11) is 1.59. The molecule has 0 N–H and O–H groups in total. The Bertz CT molecular complexity index is 523. The van der Waals surface area contributed by atoms with Gasteiger partial charge in [0.05, 0.1) is 7.11 Å². The van der Waals surface area contributed by atoms with Gasteiger partial charge < -0.3 is 9.15 Å². The molecule has 0 aliphatic carbocycles. The molecule has 2 rings (SSSR count). The van der Waals surface area contributed by atoms with Crippen LogP contribution < -0.4 is 4.74 Å². The van der Waals surface area contributed by atoms with Gasteiger partial charge in [-0.3, -0.25) is 4.79 Å². The molecule has 0 amide bonds. The van der Waals surface area contributed by atoms with Crippen molar-refractivity contribution in [3.8, 4) is 5.75 Å². The van der Waals surface area contributed by atoms with Gasteiger partial charge >= 0.3 is 0 Å². The molecule has 1 aromatic heterocycles. The molecule has 0 fully saturated rings. The molecular formula is C12H10O3. The summed E-state index contributed by atoms with van der Waals surface area (Å²) in [5, 5.41) is 0.847. The van der Waals surface area contributed by atoms with Gasteiger partial charge in [-0.05, 0) is 30.3 Å². The quantitative estimate of drug-likeness (QED) is 0.567. The molecule has 0 unspecified atom stereocenters. The molecule has 76 valence electrons. The predicted octanol–water partition coefficient (Wildman–Crippen LogP) is 2.81. The van der Waals surface area contributed by atoms with Crippen LogP contribution in [0.5, 0.6) is 5.75 Å². The van der Waals surface area contributed by atoms with E-state index in [1.54, 1.807) is 25.3 Å². The number of carbonyl (C=O) groups excluding carboxylic acids is 1. The summed E-state index contributed by atoms with van der Waals surface area (Å²) in [4.78, 5) is 11.3. The van der Waals surface area contributed by atoms with Crippen LogP contribution in [0.1, 0.15) is 10.6 Å². The Labute approximate surface area is 87.0 Å². The van der Waals surface area contributed by atoms with Gasteiger partial charge in [0.2, 0.25) is 5.78 Å². The molecule has 0 aliphatic rings. The maximum absolute atomic E-state index is 11.3. The van der Waals surface area contributed by atoms with Gasteiger partial charge in [-0.1, -0.05) is 6.58 Å². The zero-order valence-electron chi connectivity index (χ0n) is 8.32. The lowest BCUT2D eigenvalue weighted by Crippen LogP contribution is -1.88. The first-order valence-corrected chi connectivity index (χ1v) is 4.49. The Morgan fingerprint density at radius 2 is 2.27 bits per heavy atom. The number of ketones is 1. The van der Waals surface area contributed by atoms with Crippen LogP contribution in [0, 0.1) is 0 Å². The van der Waals surface area contributed by atoms with Crippen molar-refractivity contribution in [3.05, 3.63) is 42.7 Å². The zero-order valence-corrected chi connectivity index (χ0v) is 8.32. The van der Waals surface area contributed by atoms with E-state index in [0.717, 1.165) is 11.1 Å². The topological polar surface area (TPSA) is 39.4 Å². The third-order valence-electron chi connectivity index (χ3n) is 2.15. The van der Waals surface area contributed by atoms with Gasteiger partial charge in [0.1, 0.15) is 11.3 Å². The Hall–Kier alpha value is -2.03. The van der Waals surface area contributed by atoms with Crippen molar-refractivity contribution < 1.29 is 13.9 Å². The second kappa shape index (κ2) is 3.61. The van der Waals surface area contributed by atoms with E-state index < -0.39 is 0 Å². The lowest BCUT2D eigenvalue weighted by Gasteiger charge is -1.96. The number of hydrogen-bond acceptors (Lipinski definition) is 3. The Kier molecular flexibility index (Phi) is 2.29. The number of hydrogen-bond donors (Lipinski definition) is 0. The van der Waals surface area contributed by atoms with Crippen molar-refractivity contribution in [3.63, 3.8) is 0 Å². The van der Waals surface area contributed by atoms with Gasteiger partial charge in [0, 0.05) is 5.39 Å². The van der Waals surface area contributed by atoms with Crippen LogP contribution in [-0.4, -0.2) is 12.9 Å². The minimum atomic E-state index is -0.217. The first-order valence-electron chi connectivity index (χ1n) is 4.49. The van der Waals surface area contributed by atoms with Gasteiger partial charge in [0.25, 0.3) is 0 Å². The SMILES string of the molecule is C=CC(=O)c1cc2cc(OC)ccc2o1. The molecule has 15 heavy (non-hydrogen) atoms. The summed E-state index contributed by atoms with van der Waals surface area (Å²) >= 11 is 0. The number of rotatable bonds is 3. The van der Waals surface area contributed by atoms with Crippen LogP contribution in [0.2, 0.25) is 0 Å². The first-order chi connectivity index (χ1) is 7.24. The molecule has 3 heteroatoms. The molecule has 3 nitrogen and oxygen atoms in total. The molecule has 0 saturated heterocycles. The van der Waals surface area contributed by atoms with E-state index in [1.165, 1.54) is 6.08 Å². The molecule has 0 spiro atoms. The fraction of sp³-hybridized carbons (Fsp3) is 0.0833. The lowest BCUT2D eigenvalue weighted by molar-refractivity contribution is 0.102. The van der Waals surface area contributed by atoms with Crippen LogP contribution in [-0.2, 0) is 0 Å². The van der Waals surface area contributed by atoms with Crippen molar-refractivity contribution in [1.82, 2.24) is 0 Å². The molecular weight excluding hydrogens is 192 g/mol. The smallest absolute Gasteiger partial charge is 0.220 e. The van der Waals surface area contributed by atoms with E-state index in [2.05, 4.69) is 6.58 Å². The Morgan fingerprint density at radius 1 is 1.47 bits per heavy atom. The van der Waals surface area contributed by atoms with Gasteiger partial charge in [-0.2, -0.15) is 0 Å². The number of allylic oxidation sites excluding steroid dienone is 1. The van der Waals surface area contributed by atoms with Crippen LogP contribution in [0.4, 0.5) is 0 Å². The summed E-state index contributed by atoms with van der Waals surface area (Å²) in [6, 6.07) is 7.06. The van der Waals surface area contributed by atoms with Gasteiger partial charge in [-0.25, -0.2) is 0 Å². The summed E-state index contributed by atoms with van der Waals surface area (Å²) in [5.74, 6) is 0.819. The number of fused-ring (bicyclic) bond motifs is 1. The van der Waals surface area contributed by atoms with Crippen molar-refractivity contribution >= 4 is 16.8 Å². The van der Waals surface area contributed by atoms with Crippen molar-refractivity contribution in [1.29, 1.82) is 0 Å². The maximum Gasteiger partial charge on any atom is 0.220 e. The minimum absolute atomic E-state index is 0.217. The maximum atomic E-state index is 11.3. The average molecular weight is 202 g/mol. The van der Waals surface area contributed by atoms with Crippen molar-refractivity contribution in [2.75, 3.05) is 7.11 Å². The van der Waals surface area contributed by atoms with Gasteiger partial charge in [-0.15, -0.1) is 0 Å². The summed E-state index contributed by atoms with van der Waals surface area (Å²) in [5.41, 5.74) is 0.668. The molecule has 0 saturated carbocycles. The largest absolute Gasteiger partial charge is 0.497 e. The second-order valence-electron chi connectivity index (χ2n) is 3.08. The third-order valence-corrected chi connectivity index (χ3v) is 2.15. The van der Waals surface area contributed by atoms with Crippen LogP contribution in [0.15, 0.2) is 41.3 Å². The van der Waals surface area contributed by atoms with E-state index in [-0.39, 0.29) is 5.78 Å². The number of ether oxygens (including phenoxy) is 1. The third kappa shape index (κ3) is 1.64. The highest BCUT2D eigenvalue weighted by molar-refractivity contribution is 6.04. The molecule has 0 aliphatic heterocycles. The fourth-order valence-electron chi connectivity index (χ4n) is 1.37. The standard InChI is InChI=1S/C12H10O3/c1-3-10(13)12-7-8-6-9(14-2)4-5-11(8)15-12/h3-7H,1H2,2H3. The van der Waals surface area contributed by atoms with Crippen LogP contribution >= 0.6 is 0 Å². The molecule has 1 aromatic carbocycles. The van der Waals surface area contributed by atoms with Gasteiger partial charge in [0.15, 0.2) is 5.76 Å². The molecule has 0 bridgehead atoms. The molecule has 0 radical (unpaired) electrons. The number of methoxy groups -OCH3 is 1. The highest BCUT2D eigenvalue weighted by atomic mass is 16.5. The summed E-state index contributed by atoms with van der Waals surface area (Å²) < 4.78 is 10.4. The van der Waals surface area contributed by atoms with Crippen molar-refractivity contribution in [2.24, 2.45) is 0 Å². The van der Waals surface area contributed by atoms with Crippen LogP contribution in [0.3, 0.4) is 0 Å². The lowest BCUT2D eigenvalue weighted by atomic mass is 10.2. The minimum Gasteiger partial charge on any atom is -0.497 e. The molecule has 0 atom stereocenters. The summed E-state index contributed by atoms with van der Waals surface area (Å²) in [6.07, 6.45) is 1.23. The fourth-order valence-corrected chi connectivity index (χ4v) is 1.37. The first kappa shape index (κ1) is 9.52. The highest BCUT2D eigenvalue weighted by Gasteiger charge is 2.09. The summed E-state index contributed by atoms with van der Waals surface area (Å²) in [6.45, 7) is 3.41. The highest BCUT2D eigenvalue weighted by Crippen LogP contribution is 2.24. The van der Waals surface area contributed by atoms with E-state index in [9.17, 15) is 4.79 Å². The van der Waals surface area contributed by atoms with E-state index in [0.29, 0.717) is 11.3 Å². The van der Waals surface area contributed by atoms with E-state index >= 15 is 0 Å². The zero-order chi connectivity index (χ0) is 10.8. The normalized spacial score (nSPS) is 10.2. The monoisotopic (exact) mass is 202 g/mol.